The monoisotopic (exact) mass is 212 g/mol. The van der Waals surface area contributed by atoms with Crippen molar-refractivity contribution in [3.8, 4) is 0 Å². The van der Waals surface area contributed by atoms with Crippen LogP contribution in [0, 0.1) is 5.41 Å². The first-order chi connectivity index (χ1) is 6.99. The van der Waals surface area contributed by atoms with Crippen LogP contribution in [0.5, 0.6) is 0 Å². The Morgan fingerprint density at radius 3 is 2.33 bits per heavy atom. The number of piperazine rings is 1. The van der Waals surface area contributed by atoms with E-state index < -0.39 is 0 Å². The van der Waals surface area contributed by atoms with Gasteiger partial charge in [-0.05, 0) is 18.3 Å². The van der Waals surface area contributed by atoms with Gasteiger partial charge in [-0.1, -0.05) is 34.6 Å². The molecule has 1 heterocycles. The molecule has 15 heavy (non-hydrogen) atoms. The predicted octanol–water partition coefficient (Wildman–Crippen LogP) is 2.49. The van der Waals surface area contributed by atoms with Crippen molar-refractivity contribution in [1.29, 1.82) is 0 Å². The van der Waals surface area contributed by atoms with Crippen molar-refractivity contribution in [2.45, 2.75) is 59.5 Å². The fourth-order valence-corrected chi connectivity index (χ4v) is 2.49. The Bertz CT molecular complexity index is 179. The van der Waals surface area contributed by atoms with Crippen LogP contribution in [0.2, 0.25) is 0 Å². The lowest BCUT2D eigenvalue weighted by Gasteiger charge is -2.43. The van der Waals surface area contributed by atoms with Crippen LogP contribution >= 0.6 is 0 Å². The molecule has 0 bridgehead atoms. The number of rotatable bonds is 3. The molecule has 90 valence electrons. The van der Waals surface area contributed by atoms with E-state index in [1.165, 1.54) is 25.9 Å². The van der Waals surface area contributed by atoms with Crippen molar-refractivity contribution >= 4 is 0 Å². The van der Waals surface area contributed by atoms with E-state index in [1.54, 1.807) is 0 Å². The summed E-state index contributed by atoms with van der Waals surface area (Å²) in [5.41, 5.74) is 0.380. The lowest BCUT2D eigenvalue weighted by molar-refractivity contribution is 0.0937. The molecule has 1 saturated heterocycles. The van der Waals surface area contributed by atoms with Crippen molar-refractivity contribution in [2.24, 2.45) is 5.41 Å². The average Bonchev–Trinajstić information content (AvgIpc) is 2.19. The number of nitrogens with zero attached hydrogens (tertiary/aromatic N) is 1. The Kier molecular flexibility index (Phi) is 4.60. The Morgan fingerprint density at radius 1 is 1.27 bits per heavy atom. The summed E-state index contributed by atoms with van der Waals surface area (Å²) in [4.78, 5) is 2.67. The van der Waals surface area contributed by atoms with E-state index in [2.05, 4.69) is 44.8 Å². The van der Waals surface area contributed by atoms with Gasteiger partial charge >= 0.3 is 0 Å². The Morgan fingerprint density at radius 2 is 1.87 bits per heavy atom. The topological polar surface area (TPSA) is 15.3 Å². The fourth-order valence-electron chi connectivity index (χ4n) is 2.49. The molecule has 0 amide bonds. The fraction of sp³-hybridized carbons (Fsp3) is 1.00. The van der Waals surface area contributed by atoms with Gasteiger partial charge in [0, 0.05) is 31.7 Å². The van der Waals surface area contributed by atoms with Crippen LogP contribution in [0.4, 0.5) is 0 Å². The van der Waals surface area contributed by atoms with Gasteiger partial charge in [0.15, 0.2) is 0 Å². The molecule has 2 nitrogen and oxygen atoms in total. The summed E-state index contributed by atoms with van der Waals surface area (Å²) < 4.78 is 0. The van der Waals surface area contributed by atoms with E-state index in [0.29, 0.717) is 11.5 Å². The summed E-state index contributed by atoms with van der Waals surface area (Å²) >= 11 is 0. The molecule has 1 rings (SSSR count). The van der Waals surface area contributed by atoms with Crippen molar-refractivity contribution in [1.82, 2.24) is 10.2 Å². The van der Waals surface area contributed by atoms with Crippen LogP contribution < -0.4 is 5.32 Å². The molecule has 0 aliphatic carbocycles. The summed E-state index contributed by atoms with van der Waals surface area (Å²) in [5.74, 6) is 0. The van der Waals surface area contributed by atoms with Crippen molar-refractivity contribution in [3.63, 3.8) is 0 Å². The number of nitrogens with one attached hydrogen (secondary N) is 1. The molecule has 2 heteroatoms. The molecule has 1 N–H and O–H groups in total. The first-order valence-corrected chi connectivity index (χ1v) is 6.46. The van der Waals surface area contributed by atoms with E-state index in [0.717, 1.165) is 12.6 Å². The quantitative estimate of drug-likeness (QED) is 0.773. The van der Waals surface area contributed by atoms with E-state index >= 15 is 0 Å². The zero-order valence-electron chi connectivity index (χ0n) is 11.1. The largest absolute Gasteiger partial charge is 0.311 e. The van der Waals surface area contributed by atoms with Crippen molar-refractivity contribution in [3.05, 3.63) is 0 Å². The van der Waals surface area contributed by atoms with Gasteiger partial charge in [0.1, 0.15) is 0 Å². The van der Waals surface area contributed by atoms with Gasteiger partial charge in [0.05, 0.1) is 0 Å². The third kappa shape index (κ3) is 3.46. The van der Waals surface area contributed by atoms with Gasteiger partial charge in [0.2, 0.25) is 0 Å². The molecule has 1 aliphatic heterocycles. The van der Waals surface area contributed by atoms with Crippen LogP contribution in [-0.4, -0.2) is 36.6 Å². The maximum Gasteiger partial charge on any atom is 0.0244 e. The zero-order chi connectivity index (χ0) is 11.5. The second-order valence-corrected chi connectivity index (χ2v) is 5.84. The Hall–Kier alpha value is -0.0800. The van der Waals surface area contributed by atoms with Crippen LogP contribution in [-0.2, 0) is 0 Å². The minimum absolute atomic E-state index is 0.380. The van der Waals surface area contributed by atoms with Crippen LogP contribution in [0.3, 0.4) is 0 Å². The minimum atomic E-state index is 0.380. The Balaban J connectivity index is 2.55. The van der Waals surface area contributed by atoms with E-state index in [9.17, 15) is 0 Å². The van der Waals surface area contributed by atoms with Crippen LogP contribution in [0.1, 0.15) is 47.5 Å². The van der Waals surface area contributed by atoms with Gasteiger partial charge in [-0.15, -0.1) is 0 Å². The summed E-state index contributed by atoms with van der Waals surface area (Å²) in [6.45, 7) is 15.2. The van der Waals surface area contributed by atoms with E-state index in [-0.39, 0.29) is 0 Å². The maximum absolute atomic E-state index is 3.65. The van der Waals surface area contributed by atoms with E-state index in [1.807, 2.05) is 0 Å². The third-order valence-corrected chi connectivity index (χ3v) is 3.71. The molecule has 1 fully saturated rings. The van der Waals surface area contributed by atoms with Crippen LogP contribution in [0.25, 0.3) is 0 Å². The summed E-state index contributed by atoms with van der Waals surface area (Å²) in [6.07, 6.45) is 2.57. The second-order valence-electron chi connectivity index (χ2n) is 5.84. The minimum Gasteiger partial charge on any atom is -0.311 e. The van der Waals surface area contributed by atoms with Crippen molar-refractivity contribution in [2.75, 3.05) is 19.6 Å². The SMILES string of the molecule is CCC(CC)N1CCNC(C(C)(C)C)C1. The molecular weight excluding hydrogens is 184 g/mol. The lowest BCUT2D eigenvalue weighted by atomic mass is 9.85. The first-order valence-electron chi connectivity index (χ1n) is 6.46. The molecule has 0 aromatic rings. The Labute approximate surface area is 95.4 Å². The van der Waals surface area contributed by atoms with Gasteiger partial charge in [-0.25, -0.2) is 0 Å². The highest BCUT2D eigenvalue weighted by Crippen LogP contribution is 2.23. The molecule has 1 atom stereocenters. The molecular formula is C13H28N2. The van der Waals surface area contributed by atoms with Crippen molar-refractivity contribution < 1.29 is 0 Å². The standard InChI is InChI=1S/C13H28N2/c1-6-11(7-2)15-9-8-14-12(10-15)13(3,4)5/h11-12,14H,6-10H2,1-5H3. The molecule has 0 spiro atoms. The maximum atomic E-state index is 3.65. The number of hydrogen-bond donors (Lipinski definition) is 1. The number of hydrogen-bond acceptors (Lipinski definition) is 2. The molecule has 1 unspecified atom stereocenters. The first kappa shape index (κ1) is 13.0. The van der Waals surface area contributed by atoms with Gasteiger partial charge in [-0.2, -0.15) is 0 Å². The predicted molar refractivity (Wildman–Crippen MR) is 67.2 cm³/mol. The smallest absolute Gasteiger partial charge is 0.0244 e. The second kappa shape index (κ2) is 5.31. The highest BCUT2D eigenvalue weighted by Gasteiger charge is 2.30. The highest BCUT2D eigenvalue weighted by atomic mass is 15.2. The van der Waals surface area contributed by atoms with Gasteiger partial charge in [-0.3, -0.25) is 4.90 Å². The third-order valence-electron chi connectivity index (χ3n) is 3.71. The van der Waals surface area contributed by atoms with E-state index in [4.69, 9.17) is 0 Å². The molecule has 0 aromatic carbocycles. The zero-order valence-corrected chi connectivity index (χ0v) is 11.1. The molecule has 1 aliphatic rings. The highest BCUT2D eigenvalue weighted by molar-refractivity contribution is 4.89. The molecule has 0 saturated carbocycles. The molecule has 0 radical (unpaired) electrons. The summed E-state index contributed by atoms with van der Waals surface area (Å²) in [6, 6.07) is 1.43. The van der Waals surface area contributed by atoms with Gasteiger partial charge < -0.3 is 5.32 Å². The average molecular weight is 212 g/mol. The summed E-state index contributed by atoms with van der Waals surface area (Å²) in [7, 11) is 0. The van der Waals surface area contributed by atoms with Gasteiger partial charge in [0.25, 0.3) is 0 Å². The molecule has 0 aromatic heterocycles. The van der Waals surface area contributed by atoms with Crippen LogP contribution in [0.15, 0.2) is 0 Å². The lowest BCUT2D eigenvalue weighted by Crippen LogP contribution is -2.58. The normalized spacial score (nSPS) is 24.8. The summed E-state index contributed by atoms with van der Waals surface area (Å²) in [5, 5.41) is 3.65.